The molecule has 11 heteroatoms. The summed E-state index contributed by atoms with van der Waals surface area (Å²) in [6, 6.07) is 12.1. The van der Waals surface area contributed by atoms with Gasteiger partial charge in [0.1, 0.15) is 17.5 Å². The first kappa shape index (κ1) is 26.3. The second kappa shape index (κ2) is 11.0. The summed E-state index contributed by atoms with van der Waals surface area (Å²) in [5.41, 5.74) is 2.35. The Morgan fingerprint density at radius 2 is 1.71 bits per heavy atom. The van der Waals surface area contributed by atoms with Gasteiger partial charge in [-0.3, -0.25) is 9.59 Å². The Labute approximate surface area is 209 Å². The van der Waals surface area contributed by atoms with Gasteiger partial charge in [-0.1, -0.05) is 12.1 Å². The topological polar surface area (TPSA) is 126 Å². The van der Waals surface area contributed by atoms with Gasteiger partial charge < -0.3 is 15.4 Å². The van der Waals surface area contributed by atoms with Crippen molar-refractivity contribution in [2.75, 3.05) is 12.4 Å². The number of carbonyl (C=O) groups excluding carboxylic acids is 2. The van der Waals surface area contributed by atoms with E-state index in [9.17, 15) is 18.0 Å². The van der Waals surface area contributed by atoms with Crippen LogP contribution < -0.4 is 20.1 Å². The Bertz CT molecular complexity index is 1250. The van der Waals surface area contributed by atoms with Crippen LogP contribution in [0.25, 0.3) is 0 Å². The zero-order valence-electron chi connectivity index (χ0n) is 19.9. The summed E-state index contributed by atoms with van der Waals surface area (Å²) in [5.74, 6) is -0.236. The Morgan fingerprint density at radius 1 is 1.06 bits per heavy atom. The monoisotopic (exact) mass is 516 g/mol. The van der Waals surface area contributed by atoms with E-state index in [0.717, 1.165) is 5.56 Å². The minimum absolute atomic E-state index is 0.0806. The third-order valence-electron chi connectivity index (χ3n) is 4.76. The summed E-state index contributed by atoms with van der Waals surface area (Å²) in [4.78, 5) is 29.8. The van der Waals surface area contributed by atoms with E-state index in [2.05, 4.69) is 20.3 Å². The largest absolute Gasteiger partial charge is 0.497 e. The van der Waals surface area contributed by atoms with Gasteiger partial charge in [-0.25, -0.2) is 18.1 Å². The fraction of sp³-hybridized carbons (Fsp3) is 0.292. The molecule has 0 saturated heterocycles. The highest BCUT2D eigenvalue weighted by Gasteiger charge is 2.24. The maximum atomic E-state index is 13.1. The van der Waals surface area contributed by atoms with Gasteiger partial charge in [0.25, 0.3) is 5.91 Å². The van der Waals surface area contributed by atoms with E-state index in [4.69, 9.17) is 4.74 Å². The minimum Gasteiger partial charge on any atom is -0.497 e. The van der Waals surface area contributed by atoms with Crippen LogP contribution in [0.4, 0.5) is 5.69 Å². The fourth-order valence-electron chi connectivity index (χ4n) is 3.17. The van der Waals surface area contributed by atoms with E-state index in [0.29, 0.717) is 11.4 Å². The van der Waals surface area contributed by atoms with Crippen molar-refractivity contribution >= 4 is 38.9 Å². The van der Waals surface area contributed by atoms with Crippen molar-refractivity contribution in [3.8, 4) is 5.75 Å². The number of rotatable bonds is 9. The number of thiazole rings is 1. The highest BCUT2D eigenvalue weighted by Crippen LogP contribution is 2.18. The van der Waals surface area contributed by atoms with Crippen LogP contribution in [0, 0.1) is 0 Å². The summed E-state index contributed by atoms with van der Waals surface area (Å²) in [7, 11) is -2.14. The average molecular weight is 517 g/mol. The number of anilines is 1. The molecule has 0 spiro atoms. The Kier molecular flexibility index (Phi) is 8.26. The van der Waals surface area contributed by atoms with Crippen molar-refractivity contribution in [3.63, 3.8) is 0 Å². The summed E-state index contributed by atoms with van der Waals surface area (Å²) in [5, 5.41) is 7.08. The van der Waals surface area contributed by atoms with E-state index in [1.165, 1.54) is 41.1 Å². The van der Waals surface area contributed by atoms with Crippen LogP contribution in [0.5, 0.6) is 5.75 Å². The number of aromatic nitrogens is 1. The average Bonchev–Trinajstić information content (AvgIpc) is 3.33. The lowest BCUT2D eigenvalue weighted by atomic mass is 10.0. The molecule has 1 heterocycles. The maximum Gasteiger partial charge on any atom is 0.271 e. The molecular weight excluding hydrogens is 488 g/mol. The molecule has 2 amide bonds. The van der Waals surface area contributed by atoms with Gasteiger partial charge in [0.15, 0.2) is 0 Å². The molecule has 0 aliphatic heterocycles. The molecule has 1 aromatic heterocycles. The molecule has 3 aromatic rings. The van der Waals surface area contributed by atoms with E-state index in [1.807, 2.05) is 12.1 Å². The van der Waals surface area contributed by atoms with E-state index in [1.54, 1.807) is 45.4 Å². The Morgan fingerprint density at radius 3 is 2.26 bits per heavy atom. The summed E-state index contributed by atoms with van der Waals surface area (Å²) in [6.45, 7) is 5.26. The number of nitrogens with zero attached hydrogens (tertiary/aromatic N) is 1. The first-order valence-electron chi connectivity index (χ1n) is 10.7. The normalized spacial score (nSPS) is 12.6. The second-order valence-electron chi connectivity index (χ2n) is 8.82. The molecule has 9 nitrogen and oxygen atoms in total. The maximum absolute atomic E-state index is 13.1. The molecule has 35 heavy (non-hydrogen) atoms. The molecule has 3 N–H and O–H groups in total. The molecule has 186 valence electrons. The molecule has 0 unspecified atom stereocenters. The number of amides is 2. The minimum atomic E-state index is -3.70. The van der Waals surface area contributed by atoms with Crippen LogP contribution >= 0.6 is 11.3 Å². The molecule has 0 aliphatic carbocycles. The number of benzene rings is 2. The van der Waals surface area contributed by atoms with Gasteiger partial charge in [-0.2, -0.15) is 0 Å². The summed E-state index contributed by atoms with van der Waals surface area (Å²) in [6.07, 6.45) is 0.230. The smallest absolute Gasteiger partial charge is 0.271 e. The van der Waals surface area contributed by atoms with Crippen LogP contribution in [0.3, 0.4) is 0 Å². The third kappa shape index (κ3) is 7.61. The SMILES string of the molecule is COc1ccc(C[C@H](NC(=O)c2cscn2)C(=O)Nc2ccc(S(=O)(=O)NC(C)(C)C)cc2)cc1. The van der Waals surface area contributed by atoms with Crippen LogP contribution in [-0.2, 0) is 21.2 Å². The number of hydrogen-bond donors (Lipinski definition) is 3. The Balaban J connectivity index is 1.76. The van der Waals surface area contributed by atoms with Gasteiger partial charge in [0.2, 0.25) is 15.9 Å². The van der Waals surface area contributed by atoms with Crippen LogP contribution in [-0.4, -0.2) is 43.9 Å². The zero-order chi connectivity index (χ0) is 25.6. The quantitative estimate of drug-likeness (QED) is 0.401. The fourth-order valence-corrected chi connectivity index (χ4v) is 5.12. The molecule has 0 fully saturated rings. The number of sulfonamides is 1. The van der Waals surface area contributed by atoms with Crippen molar-refractivity contribution < 1.29 is 22.7 Å². The Hall–Kier alpha value is -3.28. The van der Waals surface area contributed by atoms with Gasteiger partial charge in [0, 0.05) is 23.0 Å². The highest BCUT2D eigenvalue weighted by atomic mass is 32.2. The van der Waals surface area contributed by atoms with Crippen LogP contribution in [0.1, 0.15) is 36.8 Å². The molecule has 0 radical (unpaired) electrons. The number of hydrogen-bond acceptors (Lipinski definition) is 7. The van der Waals surface area contributed by atoms with Crippen molar-refractivity contribution in [3.05, 3.63) is 70.7 Å². The molecule has 0 bridgehead atoms. The highest BCUT2D eigenvalue weighted by molar-refractivity contribution is 7.89. The van der Waals surface area contributed by atoms with E-state index >= 15 is 0 Å². The zero-order valence-corrected chi connectivity index (χ0v) is 21.5. The number of methoxy groups -OCH3 is 1. The standard InChI is InChI=1S/C24H28N4O5S2/c1-24(2,3)28-35(31,32)19-11-7-17(8-12-19)26-22(29)20(27-23(30)21-14-34-15-25-21)13-16-5-9-18(33-4)10-6-16/h5-12,14-15,20,28H,13H2,1-4H3,(H,26,29)(H,27,30)/t20-/m0/s1. The first-order chi connectivity index (χ1) is 16.5. The molecular formula is C24H28N4O5S2. The number of carbonyl (C=O) groups is 2. The van der Waals surface area contributed by atoms with Crippen molar-refractivity contribution in [2.45, 2.75) is 43.7 Å². The second-order valence-corrected chi connectivity index (χ2v) is 11.2. The van der Waals surface area contributed by atoms with E-state index < -0.39 is 33.4 Å². The number of ether oxygens (including phenoxy) is 1. The predicted octanol–water partition coefficient (Wildman–Crippen LogP) is 3.21. The lowest BCUT2D eigenvalue weighted by Crippen LogP contribution is -2.45. The van der Waals surface area contributed by atoms with Crippen molar-refractivity contribution in [1.82, 2.24) is 15.0 Å². The van der Waals surface area contributed by atoms with Gasteiger partial charge in [-0.15, -0.1) is 11.3 Å². The third-order valence-corrected chi connectivity index (χ3v) is 7.12. The lowest BCUT2D eigenvalue weighted by molar-refractivity contribution is -0.118. The van der Waals surface area contributed by atoms with Gasteiger partial charge >= 0.3 is 0 Å². The predicted molar refractivity (Wildman–Crippen MR) is 135 cm³/mol. The van der Waals surface area contributed by atoms with Crippen molar-refractivity contribution in [1.29, 1.82) is 0 Å². The van der Waals surface area contributed by atoms with Gasteiger partial charge in [-0.05, 0) is 62.7 Å². The lowest BCUT2D eigenvalue weighted by Gasteiger charge is -2.21. The number of nitrogens with one attached hydrogen (secondary N) is 3. The molecule has 0 saturated carbocycles. The molecule has 1 atom stereocenters. The van der Waals surface area contributed by atoms with Crippen molar-refractivity contribution in [2.24, 2.45) is 0 Å². The summed E-state index contributed by atoms with van der Waals surface area (Å²) < 4.78 is 32.8. The van der Waals surface area contributed by atoms with Gasteiger partial charge in [0.05, 0.1) is 17.5 Å². The van der Waals surface area contributed by atoms with E-state index in [-0.39, 0.29) is 17.0 Å². The van der Waals surface area contributed by atoms with Crippen LogP contribution in [0.2, 0.25) is 0 Å². The first-order valence-corrected chi connectivity index (χ1v) is 13.2. The molecule has 0 aliphatic rings. The molecule has 3 rings (SSSR count). The van der Waals surface area contributed by atoms with Crippen LogP contribution in [0.15, 0.2) is 64.3 Å². The molecule has 2 aromatic carbocycles. The summed E-state index contributed by atoms with van der Waals surface area (Å²) >= 11 is 1.28.